The van der Waals surface area contributed by atoms with Gasteiger partial charge in [0.05, 0.1) is 0 Å². The van der Waals surface area contributed by atoms with E-state index in [9.17, 15) is 14.4 Å². The van der Waals surface area contributed by atoms with Gasteiger partial charge >= 0.3 is 0 Å². The second kappa shape index (κ2) is 11.9. The average Bonchev–Trinajstić information content (AvgIpc) is 3.38. The molecule has 2 aromatic rings. The molecule has 0 bridgehead atoms. The van der Waals surface area contributed by atoms with Crippen LogP contribution in [-0.4, -0.2) is 68.8 Å². The van der Waals surface area contributed by atoms with Crippen molar-refractivity contribution in [1.82, 2.24) is 15.5 Å². The molecule has 0 saturated carbocycles. The van der Waals surface area contributed by atoms with Crippen molar-refractivity contribution >= 4 is 17.7 Å². The van der Waals surface area contributed by atoms with Crippen LogP contribution < -0.4 is 20.1 Å². The van der Waals surface area contributed by atoms with Crippen molar-refractivity contribution in [3.8, 4) is 11.5 Å². The maximum absolute atomic E-state index is 13.1. The number of rotatable bonds is 9. The lowest BCUT2D eigenvalue weighted by atomic mass is 9.88. The molecule has 0 aliphatic carbocycles. The fraction of sp³-hybridized carbons (Fsp3) is 0.444. The number of hydrogen-bond acceptors (Lipinski definition) is 6. The molecule has 2 aliphatic heterocycles. The smallest absolute Gasteiger partial charge is 0.253 e. The second-order valence-corrected chi connectivity index (χ2v) is 9.15. The van der Waals surface area contributed by atoms with E-state index in [4.69, 9.17) is 14.2 Å². The molecule has 1 fully saturated rings. The van der Waals surface area contributed by atoms with Gasteiger partial charge in [0.2, 0.25) is 12.7 Å². The Hall–Kier alpha value is -3.59. The topological polar surface area (TPSA) is 106 Å². The van der Waals surface area contributed by atoms with E-state index in [2.05, 4.69) is 10.6 Å². The van der Waals surface area contributed by atoms with Gasteiger partial charge in [-0.05, 0) is 62.4 Å². The molecule has 0 radical (unpaired) electrons. The highest BCUT2D eigenvalue weighted by molar-refractivity contribution is 5.98. The van der Waals surface area contributed by atoms with Gasteiger partial charge in [-0.25, -0.2) is 0 Å². The van der Waals surface area contributed by atoms with Gasteiger partial charge in [0.15, 0.2) is 11.5 Å². The fourth-order valence-corrected chi connectivity index (χ4v) is 4.51. The summed E-state index contributed by atoms with van der Waals surface area (Å²) in [5.41, 5.74) is 2.10. The summed E-state index contributed by atoms with van der Waals surface area (Å²) < 4.78 is 15.8. The number of carbonyl (C=O) groups excluding carboxylic acids is 3. The minimum atomic E-state index is -0.691. The van der Waals surface area contributed by atoms with Crippen LogP contribution in [0.1, 0.15) is 45.5 Å². The lowest BCUT2D eigenvalue weighted by Gasteiger charge is -2.36. The molecule has 1 saturated heterocycles. The van der Waals surface area contributed by atoms with Gasteiger partial charge < -0.3 is 29.7 Å². The zero-order chi connectivity index (χ0) is 25.5. The van der Waals surface area contributed by atoms with Crippen molar-refractivity contribution < 1.29 is 28.6 Å². The second-order valence-electron chi connectivity index (χ2n) is 9.15. The third-order valence-electron chi connectivity index (χ3n) is 6.63. The van der Waals surface area contributed by atoms with E-state index in [0.29, 0.717) is 68.1 Å². The number of methoxy groups -OCH3 is 1. The highest BCUT2D eigenvalue weighted by atomic mass is 16.7. The molecule has 36 heavy (non-hydrogen) atoms. The standard InChI is InChI=1S/C27H33N3O6/c1-18-4-6-20(7-5-18)25(31)29-24(26(32)28-12-3-15-34-2)19-10-13-30(14-11-19)27(33)21-8-9-22-23(16-21)36-17-35-22/h4-9,16,19,24H,3,10-15,17H2,1-2H3,(H,28,32)(H,29,31). The van der Waals surface area contributed by atoms with E-state index in [1.54, 1.807) is 42.3 Å². The Balaban J connectivity index is 1.40. The molecule has 3 amide bonds. The first kappa shape index (κ1) is 25.5. The van der Waals surface area contributed by atoms with Crippen molar-refractivity contribution in [1.29, 1.82) is 0 Å². The Kier molecular flexibility index (Phi) is 8.43. The van der Waals surface area contributed by atoms with Crippen LogP contribution in [0.15, 0.2) is 42.5 Å². The van der Waals surface area contributed by atoms with E-state index >= 15 is 0 Å². The molecule has 9 heteroatoms. The summed E-state index contributed by atoms with van der Waals surface area (Å²) in [6.45, 7) is 4.10. The number of fused-ring (bicyclic) bond motifs is 1. The summed E-state index contributed by atoms with van der Waals surface area (Å²) in [5.74, 6) is 0.519. The van der Waals surface area contributed by atoms with Gasteiger partial charge in [-0.3, -0.25) is 14.4 Å². The summed E-state index contributed by atoms with van der Waals surface area (Å²) >= 11 is 0. The maximum Gasteiger partial charge on any atom is 0.253 e. The first-order valence-corrected chi connectivity index (χ1v) is 12.3. The molecule has 4 rings (SSSR count). The van der Waals surface area contributed by atoms with Gasteiger partial charge in [-0.1, -0.05) is 17.7 Å². The molecule has 0 aromatic heterocycles. The molecule has 1 unspecified atom stereocenters. The summed E-state index contributed by atoms with van der Waals surface area (Å²) in [5, 5.41) is 5.88. The highest BCUT2D eigenvalue weighted by Crippen LogP contribution is 2.33. The summed E-state index contributed by atoms with van der Waals surface area (Å²) in [6.07, 6.45) is 1.88. The SMILES string of the molecule is COCCCNC(=O)C(NC(=O)c1ccc(C)cc1)C1CCN(C(=O)c2ccc3c(c2)OCO3)CC1. The normalized spacial score (nSPS) is 15.9. The zero-order valence-electron chi connectivity index (χ0n) is 20.7. The van der Waals surface area contributed by atoms with Crippen LogP contribution in [0.25, 0.3) is 0 Å². The van der Waals surface area contributed by atoms with Gasteiger partial charge in [-0.15, -0.1) is 0 Å². The number of amides is 3. The van der Waals surface area contributed by atoms with Gasteiger partial charge in [0.25, 0.3) is 11.8 Å². The molecule has 192 valence electrons. The maximum atomic E-state index is 13.1. The van der Waals surface area contributed by atoms with Crippen LogP contribution >= 0.6 is 0 Å². The number of aryl methyl sites for hydroxylation is 1. The number of benzene rings is 2. The fourth-order valence-electron chi connectivity index (χ4n) is 4.51. The van der Waals surface area contributed by atoms with Gasteiger partial charge in [0.1, 0.15) is 6.04 Å². The van der Waals surface area contributed by atoms with Gasteiger partial charge in [0, 0.05) is 44.5 Å². The van der Waals surface area contributed by atoms with Crippen LogP contribution in [0.5, 0.6) is 11.5 Å². The molecule has 1 atom stereocenters. The van der Waals surface area contributed by atoms with Crippen molar-refractivity contribution in [2.45, 2.75) is 32.2 Å². The summed E-state index contributed by atoms with van der Waals surface area (Å²) in [4.78, 5) is 40.9. The average molecular weight is 496 g/mol. The first-order chi connectivity index (χ1) is 17.5. The third kappa shape index (κ3) is 6.15. The Morgan fingerprint density at radius 3 is 2.44 bits per heavy atom. The van der Waals surface area contributed by atoms with Crippen LogP contribution in [-0.2, 0) is 9.53 Å². The molecule has 9 nitrogen and oxygen atoms in total. The predicted octanol–water partition coefficient (Wildman–Crippen LogP) is 2.53. The van der Waals surface area contributed by atoms with Crippen LogP contribution in [0.2, 0.25) is 0 Å². The van der Waals surface area contributed by atoms with Crippen molar-refractivity contribution in [2.24, 2.45) is 5.92 Å². The molecule has 0 spiro atoms. The number of ether oxygens (including phenoxy) is 3. The van der Waals surface area contributed by atoms with Crippen molar-refractivity contribution in [3.63, 3.8) is 0 Å². The minimum Gasteiger partial charge on any atom is -0.454 e. The van der Waals surface area contributed by atoms with E-state index in [-0.39, 0.29) is 30.4 Å². The molecular weight excluding hydrogens is 462 g/mol. The van der Waals surface area contributed by atoms with Crippen LogP contribution in [0.3, 0.4) is 0 Å². The molecular formula is C27H33N3O6. The van der Waals surface area contributed by atoms with E-state index in [1.807, 2.05) is 19.1 Å². The minimum absolute atomic E-state index is 0.0870. The summed E-state index contributed by atoms with van der Waals surface area (Å²) in [6, 6.07) is 11.7. The number of piperidine rings is 1. The number of likely N-dealkylation sites (tertiary alicyclic amines) is 1. The number of hydrogen-bond donors (Lipinski definition) is 2. The Labute approximate surface area is 211 Å². The predicted molar refractivity (Wildman–Crippen MR) is 133 cm³/mol. The Bertz CT molecular complexity index is 1080. The summed E-state index contributed by atoms with van der Waals surface area (Å²) in [7, 11) is 1.62. The van der Waals surface area contributed by atoms with E-state index in [0.717, 1.165) is 5.56 Å². The van der Waals surface area contributed by atoms with Crippen LogP contribution in [0.4, 0.5) is 0 Å². The van der Waals surface area contributed by atoms with Crippen LogP contribution in [0, 0.1) is 12.8 Å². The highest BCUT2D eigenvalue weighted by Gasteiger charge is 2.34. The third-order valence-corrected chi connectivity index (χ3v) is 6.63. The zero-order valence-corrected chi connectivity index (χ0v) is 20.7. The molecule has 2 aromatic carbocycles. The Morgan fingerprint density at radius 2 is 1.72 bits per heavy atom. The van der Waals surface area contributed by atoms with E-state index < -0.39 is 6.04 Å². The van der Waals surface area contributed by atoms with Crippen molar-refractivity contribution in [3.05, 3.63) is 59.2 Å². The number of carbonyl (C=O) groups is 3. The first-order valence-electron chi connectivity index (χ1n) is 12.3. The van der Waals surface area contributed by atoms with Gasteiger partial charge in [-0.2, -0.15) is 0 Å². The monoisotopic (exact) mass is 495 g/mol. The number of nitrogens with one attached hydrogen (secondary N) is 2. The Morgan fingerprint density at radius 1 is 1.03 bits per heavy atom. The van der Waals surface area contributed by atoms with E-state index in [1.165, 1.54) is 0 Å². The molecule has 2 N–H and O–H groups in total. The lowest BCUT2D eigenvalue weighted by molar-refractivity contribution is -0.124. The largest absolute Gasteiger partial charge is 0.454 e. The molecule has 2 heterocycles. The molecule has 2 aliphatic rings. The number of nitrogens with zero attached hydrogens (tertiary/aromatic N) is 1. The quantitative estimate of drug-likeness (QED) is 0.518. The lowest BCUT2D eigenvalue weighted by Crippen LogP contribution is -2.54. The van der Waals surface area contributed by atoms with Crippen molar-refractivity contribution in [2.75, 3.05) is 40.1 Å².